The van der Waals surface area contributed by atoms with E-state index >= 15 is 0 Å². The molecule has 0 aliphatic carbocycles. The van der Waals surface area contributed by atoms with Crippen molar-refractivity contribution in [1.29, 1.82) is 0 Å². The fraction of sp³-hybridized carbons (Fsp3) is 0.455. The molecule has 0 heterocycles. The number of nitrogens with one attached hydrogen (secondary N) is 1. The molecule has 0 saturated carbocycles. The van der Waals surface area contributed by atoms with Crippen LogP contribution < -0.4 is 5.32 Å². The average molecular weight is 213 g/mol. The van der Waals surface area contributed by atoms with Gasteiger partial charge in [0.25, 0.3) is 0 Å². The minimum absolute atomic E-state index is 0.125. The Morgan fingerprint density at radius 2 is 2.21 bits per heavy atom. The molecule has 1 unspecified atom stereocenters. The zero-order chi connectivity index (χ0) is 10.6. The van der Waals surface area contributed by atoms with Crippen LogP contribution in [0.15, 0.2) is 23.1 Å². The molecule has 0 saturated heterocycles. The first-order valence-corrected chi connectivity index (χ1v) is 5.98. The van der Waals surface area contributed by atoms with E-state index in [0.717, 1.165) is 12.1 Å². The molecule has 0 spiro atoms. The summed E-state index contributed by atoms with van der Waals surface area (Å²) in [6.45, 7) is 4.98. The molecule has 0 aromatic heterocycles. The minimum Gasteiger partial charge on any atom is -0.310 e. The van der Waals surface area contributed by atoms with Crippen LogP contribution in [0.4, 0.5) is 4.39 Å². The summed E-state index contributed by atoms with van der Waals surface area (Å²) in [5, 5.41) is 3.25. The van der Waals surface area contributed by atoms with Crippen LogP contribution in [0.25, 0.3) is 0 Å². The highest BCUT2D eigenvalue weighted by atomic mass is 32.2. The predicted molar refractivity (Wildman–Crippen MR) is 60.3 cm³/mol. The van der Waals surface area contributed by atoms with Crippen molar-refractivity contribution in [2.45, 2.75) is 24.8 Å². The molecule has 0 bridgehead atoms. The van der Waals surface area contributed by atoms with Gasteiger partial charge in [0, 0.05) is 10.9 Å². The third-order valence-corrected chi connectivity index (χ3v) is 2.96. The Hall–Kier alpha value is -0.540. The molecular weight excluding hydrogens is 197 g/mol. The molecule has 14 heavy (non-hydrogen) atoms. The second-order valence-corrected chi connectivity index (χ2v) is 4.02. The van der Waals surface area contributed by atoms with E-state index in [4.69, 9.17) is 0 Å². The standard InChI is InChI=1S/C11H16FNS/c1-4-13-8(2)9-5-6-11(14-3)10(12)7-9/h5-8,13H,4H2,1-3H3. The number of thioether (sulfide) groups is 1. The van der Waals surface area contributed by atoms with E-state index < -0.39 is 0 Å². The molecule has 1 aromatic carbocycles. The van der Waals surface area contributed by atoms with Crippen molar-refractivity contribution in [2.24, 2.45) is 0 Å². The van der Waals surface area contributed by atoms with Crippen LogP contribution in [0.5, 0.6) is 0 Å². The second-order valence-electron chi connectivity index (χ2n) is 3.17. The Labute approximate surface area is 89.1 Å². The van der Waals surface area contributed by atoms with Crippen molar-refractivity contribution in [3.63, 3.8) is 0 Å². The van der Waals surface area contributed by atoms with Gasteiger partial charge in [0.2, 0.25) is 0 Å². The van der Waals surface area contributed by atoms with E-state index in [1.807, 2.05) is 32.2 Å². The number of hydrogen-bond donors (Lipinski definition) is 1. The maximum Gasteiger partial charge on any atom is 0.137 e. The zero-order valence-electron chi connectivity index (χ0n) is 8.80. The molecule has 0 aliphatic heterocycles. The minimum atomic E-state index is -0.125. The van der Waals surface area contributed by atoms with Crippen molar-refractivity contribution >= 4 is 11.8 Å². The quantitative estimate of drug-likeness (QED) is 0.771. The van der Waals surface area contributed by atoms with Gasteiger partial charge in [-0.15, -0.1) is 11.8 Å². The van der Waals surface area contributed by atoms with E-state index in [9.17, 15) is 4.39 Å². The lowest BCUT2D eigenvalue weighted by Gasteiger charge is -2.13. The van der Waals surface area contributed by atoms with Crippen molar-refractivity contribution in [3.05, 3.63) is 29.6 Å². The van der Waals surface area contributed by atoms with E-state index in [2.05, 4.69) is 5.32 Å². The lowest BCUT2D eigenvalue weighted by molar-refractivity contribution is 0.572. The van der Waals surface area contributed by atoms with Gasteiger partial charge in [-0.3, -0.25) is 0 Å². The highest BCUT2D eigenvalue weighted by Crippen LogP contribution is 2.22. The van der Waals surface area contributed by atoms with Gasteiger partial charge in [0.05, 0.1) is 0 Å². The fourth-order valence-electron chi connectivity index (χ4n) is 1.38. The Morgan fingerprint density at radius 3 is 2.71 bits per heavy atom. The Balaban J connectivity index is 2.85. The third-order valence-electron chi connectivity index (χ3n) is 2.19. The van der Waals surface area contributed by atoms with Gasteiger partial charge in [-0.2, -0.15) is 0 Å². The Morgan fingerprint density at radius 1 is 1.50 bits per heavy atom. The van der Waals surface area contributed by atoms with E-state index in [1.165, 1.54) is 11.8 Å². The van der Waals surface area contributed by atoms with Crippen LogP contribution in [0.2, 0.25) is 0 Å². The van der Waals surface area contributed by atoms with Crippen molar-refractivity contribution in [1.82, 2.24) is 5.32 Å². The summed E-state index contributed by atoms with van der Waals surface area (Å²) in [7, 11) is 0. The van der Waals surface area contributed by atoms with Gasteiger partial charge < -0.3 is 5.32 Å². The molecule has 1 atom stereocenters. The summed E-state index contributed by atoms with van der Waals surface area (Å²) < 4.78 is 13.4. The summed E-state index contributed by atoms with van der Waals surface area (Å²) in [6.07, 6.45) is 1.88. The fourth-order valence-corrected chi connectivity index (χ4v) is 1.83. The van der Waals surface area contributed by atoms with Crippen LogP contribution in [-0.4, -0.2) is 12.8 Å². The van der Waals surface area contributed by atoms with Crippen molar-refractivity contribution < 1.29 is 4.39 Å². The molecule has 78 valence electrons. The first-order valence-electron chi connectivity index (χ1n) is 4.75. The first-order chi connectivity index (χ1) is 6.69. The number of rotatable bonds is 4. The van der Waals surface area contributed by atoms with Gasteiger partial charge in [0.15, 0.2) is 0 Å². The average Bonchev–Trinajstić information content (AvgIpc) is 2.18. The molecule has 0 fully saturated rings. The highest BCUT2D eigenvalue weighted by molar-refractivity contribution is 7.98. The molecular formula is C11H16FNS. The van der Waals surface area contributed by atoms with Crippen LogP contribution in [0.3, 0.4) is 0 Å². The van der Waals surface area contributed by atoms with Gasteiger partial charge in [-0.25, -0.2) is 4.39 Å². The van der Waals surface area contributed by atoms with Gasteiger partial charge >= 0.3 is 0 Å². The topological polar surface area (TPSA) is 12.0 Å². The summed E-state index contributed by atoms with van der Waals surface area (Å²) >= 11 is 1.43. The molecule has 1 aromatic rings. The predicted octanol–water partition coefficient (Wildman–Crippen LogP) is 3.22. The highest BCUT2D eigenvalue weighted by Gasteiger charge is 2.07. The van der Waals surface area contributed by atoms with Crippen molar-refractivity contribution in [2.75, 3.05) is 12.8 Å². The molecule has 3 heteroatoms. The Bertz CT molecular complexity index is 301. The summed E-state index contributed by atoms with van der Waals surface area (Å²) in [5.74, 6) is -0.125. The lowest BCUT2D eigenvalue weighted by atomic mass is 10.1. The normalized spacial score (nSPS) is 12.9. The molecule has 0 radical (unpaired) electrons. The SMILES string of the molecule is CCNC(C)c1ccc(SC)c(F)c1. The summed E-state index contributed by atoms with van der Waals surface area (Å²) in [6, 6.07) is 5.63. The maximum atomic E-state index is 13.4. The van der Waals surface area contributed by atoms with E-state index in [1.54, 1.807) is 6.07 Å². The number of benzene rings is 1. The van der Waals surface area contributed by atoms with Gasteiger partial charge in [-0.1, -0.05) is 13.0 Å². The number of halogens is 1. The Kier molecular flexibility index (Phi) is 4.42. The molecule has 1 nitrogen and oxygen atoms in total. The van der Waals surface area contributed by atoms with Gasteiger partial charge in [-0.05, 0) is 37.4 Å². The van der Waals surface area contributed by atoms with Crippen LogP contribution in [-0.2, 0) is 0 Å². The summed E-state index contributed by atoms with van der Waals surface area (Å²) in [5.41, 5.74) is 1.00. The third kappa shape index (κ3) is 2.72. The largest absolute Gasteiger partial charge is 0.310 e. The van der Waals surface area contributed by atoms with E-state index in [-0.39, 0.29) is 11.9 Å². The second kappa shape index (κ2) is 5.37. The van der Waals surface area contributed by atoms with Crippen LogP contribution in [0, 0.1) is 5.82 Å². The lowest BCUT2D eigenvalue weighted by Crippen LogP contribution is -2.17. The number of hydrogen-bond acceptors (Lipinski definition) is 2. The smallest absolute Gasteiger partial charge is 0.137 e. The first kappa shape index (κ1) is 11.5. The van der Waals surface area contributed by atoms with Crippen molar-refractivity contribution in [3.8, 4) is 0 Å². The monoisotopic (exact) mass is 213 g/mol. The van der Waals surface area contributed by atoms with E-state index in [0.29, 0.717) is 4.90 Å². The molecule has 1 rings (SSSR count). The maximum absolute atomic E-state index is 13.4. The molecule has 0 amide bonds. The van der Waals surface area contributed by atoms with Crippen LogP contribution in [0.1, 0.15) is 25.5 Å². The zero-order valence-corrected chi connectivity index (χ0v) is 9.62. The van der Waals surface area contributed by atoms with Gasteiger partial charge in [0.1, 0.15) is 5.82 Å². The molecule has 0 aliphatic rings. The molecule has 1 N–H and O–H groups in total. The summed E-state index contributed by atoms with van der Waals surface area (Å²) in [4.78, 5) is 0.706. The van der Waals surface area contributed by atoms with Crippen LogP contribution >= 0.6 is 11.8 Å².